The normalized spacial score (nSPS) is 30.8. The first-order valence-corrected chi connectivity index (χ1v) is 6.53. The molecule has 0 radical (unpaired) electrons. The largest absolute Gasteiger partial charge is 0.339 e. The SMILES string of the molecule is CC(C)N=C(NN)N1CCC2CCCCC21. The lowest BCUT2D eigenvalue weighted by Crippen LogP contribution is -2.49. The fraction of sp³-hybridized carbons (Fsp3) is 0.917. The molecule has 0 aromatic heterocycles. The van der Waals surface area contributed by atoms with Gasteiger partial charge in [-0.25, -0.2) is 10.8 Å². The van der Waals surface area contributed by atoms with Crippen LogP contribution in [0.4, 0.5) is 0 Å². The molecule has 92 valence electrons. The Balaban J connectivity index is 2.08. The Kier molecular flexibility index (Phi) is 3.69. The summed E-state index contributed by atoms with van der Waals surface area (Å²) in [6, 6.07) is 0.982. The van der Waals surface area contributed by atoms with Crippen molar-refractivity contribution in [3.63, 3.8) is 0 Å². The first kappa shape index (κ1) is 11.7. The molecule has 2 atom stereocenters. The van der Waals surface area contributed by atoms with E-state index in [4.69, 9.17) is 5.84 Å². The Morgan fingerprint density at radius 3 is 2.75 bits per heavy atom. The van der Waals surface area contributed by atoms with E-state index in [1.807, 2.05) is 0 Å². The molecule has 2 fully saturated rings. The molecule has 0 bridgehead atoms. The van der Waals surface area contributed by atoms with Gasteiger partial charge in [-0.2, -0.15) is 0 Å². The summed E-state index contributed by atoms with van der Waals surface area (Å²) >= 11 is 0. The lowest BCUT2D eigenvalue weighted by atomic mass is 9.85. The maximum atomic E-state index is 5.60. The smallest absolute Gasteiger partial charge is 0.208 e. The third-order valence-corrected chi connectivity index (χ3v) is 3.79. The average Bonchev–Trinajstić information content (AvgIpc) is 2.69. The van der Waals surface area contributed by atoms with Crippen LogP contribution in [-0.4, -0.2) is 29.5 Å². The van der Waals surface area contributed by atoms with Gasteiger partial charge >= 0.3 is 0 Å². The van der Waals surface area contributed by atoms with Crippen LogP contribution in [0.25, 0.3) is 0 Å². The van der Waals surface area contributed by atoms with Crippen molar-refractivity contribution in [2.75, 3.05) is 6.54 Å². The van der Waals surface area contributed by atoms with Crippen molar-refractivity contribution in [3.05, 3.63) is 0 Å². The van der Waals surface area contributed by atoms with E-state index in [0.29, 0.717) is 12.1 Å². The number of nitrogens with two attached hydrogens (primary N) is 1. The third-order valence-electron chi connectivity index (χ3n) is 3.79. The van der Waals surface area contributed by atoms with Gasteiger partial charge in [0.25, 0.3) is 0 Å². The second kappa shape index (κ2) is 5.04. The number of rotatable bonds is 1. The van der Waals surface area contributed by atoms with E-state index in [-0.39, 0.29) is 0 Å². The lowest BCUT2D eigenvalue weighted by Gasteiger charge is -2.33. The Hall–Kier alpha value is -0.770. The van der Waals surface area contributed by atoms with Crippen molar-refractivity contribution in [2.24, 2.45) is 16.8 Å². The summed E-state index contributed by atoms with van der Waals surface area (Å²) in [7, 11) is 0. The monoisotopic (exact) mass is 224 g/mol. The minimum atomic E-state index is 0.300. The van der Waals surface area contributed by atoms with E-state index in [2.05, 4.69) is 29.2 Å². The quantitative estimate of drug-likeness (QED) is 0.307. The second-order valence-electron chi connectivity index (χ2n) is 5.28. The topological polar surface area (TPSA) is 53.6 Å². The predicted molar refractivity (Wildman–Crippen MR) is 67.0 cm³/mol. The zero-order valence-electron chi connectivity index (χ0n) is 10.4. The van der Waals surface area contributed by atoms with Crippen molar-refractivity contribution in [2.45, 2.75) is 58.0 Å². The summed E-state index contributed by atoms with van der Waals surface area (Å²) in [5.74, 6) is 7.37. The van der Waals surface area contributed by atoms with Gasteiger partial charge in [-0.05, 0) is 39.0 Å². The minimum absolute atomic E-state index is 0.300. The lowest BCUT2D eigenvalue weighted by molar-refractivity contribution is 0.248. The Morgan fingerprint density at radius 1 is 1.31 bits per heavy atom. The van der Waals surface area contributed by atoms with Crippen molar-refractivity contribution < 1.29 is 0 Å². The summed E-state index contributed by atoms with van der Waals surface area (Å²) in [6.45, 7) is 5.29. The summed E-state index contributed by atoms with van der Waals surface area (Å²) in [4.78, 5) is 6.97. The maximum Gasteiger partial charge on any atom is 0.208 e. The van der Waals surface area contributed by atoms with E-state index in [1.165, 1.54) is 32.1 Å². The van der Waals surface area contributed by atoms with Gasteiger partial charge in [-0.15, -0.1) is 0 Å². The number of fused-ring (bicyclic) bond motifs is 1. The number of aliphatic imine (C=N–C) groups is 1. The molecule has 16 heavy (non-hydrogen) atoms. The molecule has 1 saturated carbocycles. The van der Waals surface area contributed by atoms with Gasteiger partial charge in [-0.1, -0.05) is 12.8 Å². The zero-order valence-corrected chi connectivity index (χ0v) is 10.4. The molecule has 2 aliphatic rings. The molecule has 2 rings (SSSR count). The molecule has 4 heteroatoms. The van der Waals surface area contributed by atoms with Gasteiger partial charge in [-0.3, -0.25) is 5.43 Å². The highest BCUT2D eigenvalue weighted by Gasteiger charge is 2.37. The van der Waals surface area contributed by atoms with Crippen LogP contribution in [0.1, 0.15) is 46.0 Å². The zero-order chi connectivity index (χ0) is 11.5. The third kappa shape index (κ3) is 2.32. The Bertz CT molecular complexity index is 262. The molecular weight excluding hydrogens is 200 g/mol. The first-order chi connectivity index (χ1) is 7.72. The number of guanidine groups is 1. The number of hydrogen-bond acceptors (Lipinski definition) is 2. The van der Waals surface area contributed by atoms with Crippen LogP contribution in [0.15, 0.2) is 4.99 Å². The highest BCUT2D eigenvalue weighted by Crippen LogP contribution is 2.35. The van der Waals surface area contributed by atoms with Crippen LogP contribution in [0.5, 0.6) is 0 Å². The fourth-order valence-electron chi connectivity index (χ4n) is 3.11. The van der Waals surface area contributed by atoms with Crippen molar-refractivity contribution in [1.29, 1.82) is 0 Å². The number of hydrazine groups is 1. The van der Waals surface area contributed by atoms with Crippen LogP contribution in [-0.2, 0) is 0 Å². The fourth-order valence-corrected chi connectivity index (χ4v) is 3.11. The molecule has 1 aliphatic heterocycles. The molecule has 3 N–H and O–H groups in total. The molecule has 0 amide bonds. The van der Waals surface area contributed by atoms with Gasteiger partial charge in [0.15, 0.2) is 0 Å². The molecular formula is C12H24N4. The molecule has 1 heterocycles. The van der Waals surface area contributed by atoms with Crippen molar-refractivity contribution in [3.8, 4) is 0 Å². The second-order valence-corrected chi connectivity index (χ2v) is 5.28. The molecule has 4 nitrogen and oxygen atoms in total. The van der Waals surface area contributed by atoms with E-state index in [1.54, 1.807) is 0 Å². The van der Waals surface area contributed by atoms with E-state index in [0.717, 1.165) is 18.4 Å². The molecule has 2 unspecified atom stereocenters. The van der Waals surface area contributed by atoms with E-state index in [9.17, 15) is 0 Å². The highest BCUT2D eigenvalue weighted by molar-refractivity contribution is 5.80. The molecule has 0 aromatic rings. The number of nitrogens with zero attached hydrogens (tertiary/aromatic N) is 2. The van der Waals surface area contributed by atoms with Gasteiger partial charge in [0, 0.05) is 18.6 Å². The number of likely N-dealkylation sites (tertiary alicyclic amines) is 1. The molecule has 1 saturated heterocycles. The van der Waals surface area contributed by atoms with Gasteiger partial charge < -0.3 is 4.90 Å². The highest BCUT2D eigenvalue weighted by atomic mass is 15.4. The van der Waals surface area contributed by atoms with Crippen molar-refractivity contribution >= 4 is 5.96 Å². The predicted octanol–water partition coefficient (Wildman–Crippen LogP) is 1.48. The van der Waals surface area contributed by atoms with E-state index < -0.39 is 0 Å². The first-order valence-electron chi connectivity index (χ1n) is 6.53. The summed E-state index contributed by atoms with van der Waals surface area (Å²) in [5, 5.41) is 0. The summed E-state index contributed by atoms with van der Waals surface area (Å²) < 4.78 is 0. The maximum absolute atomic E-state index is 5.60. The molecule has 0 aromatic carbocycles. The Labute approximate surface area is 98.3 Å². The Morgan fingerprint density at radius 2 is 2.06 bits per heavy atom. The summed E-state index contributed by atoms with van der Waals surface area (Å²) in [6.07, 6.45) is 6.77. The standard InChI is InChI=1S/C12H24N4/c1-9(2)14-12(15-13)16-8-7-10-5-3-4-6-11(10)16/h9-11H,3-8,13H2,1-2H3,(H,14,15). The van der Waals surface area contributed by atoms with Crippen LogP contribution in [0, 0.1) is 5.92 Å². The van der Waals surface area contributed by atoms with E-state index >= 15 is 0 Å². The van der Waals surface area contributed by atoms with Gasteiger partial charge in [0.05, 0.1) is 0 Å². The number of nitrogens with one attached hydrogen (secondary N) is 1. The number of hydrogen-bond donors (Lipinski definition) is 2. The summed E-state index contributed by atoms with van der Waals surface area (Å²) in [5.41, 5.74) is 2.78. The van der Waals surface area contributed by atoms with Crippen molar-refractivity contribution in [1.82, 2.24) is 10.3 Å². The minimum Gasteiger partial charge on any atom is -0.339 e. The van der Waals surface area contributed by atoms with Gasteiger partial charge in [0.1, 0.15) is 0 Å². The van der Waals surface area contributed by atoms with Crippen LogP contribution < -0.4 is 11.3 Å². The average molecular weight is 224 g/mol. The molecule has 1 aliphatic carbocycles. The van der Waals surface area contributed by atoms with Crippen LogP contribution >= 0.6 is 0 Å². The van der Waals surface area contributed by atoms with Crippen LogP contribution in [0.3, 0.4) is 0 Å². The molecule has 0 spiro atoms. The van der Waals surface area contributed by atoms with Crippen LogP contribution in [0.2, 0.25) is 0 Å². The van der Waals surface area contributed by atoms with Gasteiger partial charge in [0.2, 0.25) is 5.96 Å².